The second-order valence-corrected chi connectivity index (χ2v) is 4.81. The fourth-order valence-electron chi connectivity index (χ4n) is 1.17. The second-order valence-electron chi connectivity index (χ2n) is 3.05. The molecule has 16 heavy (non-hydrogen) atoms. The first-order valence-corrected chi connectivity index (χ1v) is 5.67. The lowest BCUT2D eigenvalue weighted by atomic mass is 10.3. The number of halogens is 4. The van der Waals surface area contributed by atoms with Crippen molar-refractivity contribution in [3.63, 3.8) is 0 Å². The number of hydrogen-bond donors (Lipinski definition) is 0. The number of carbonyl (C=O) groups excluding carboxylic acids is 1. The van der Waals surface area contributed by atoms with Crippen LogP contribution in [-0.2, 0) is 6.18 Å². The number of thiazole rings is 1. The van der Waals surface area contributed by atoms with E-state index in [2.05, 4.69) is 20.9 Å². The van der Waals surface area contributed by atoms with E-state index in [1.165, 1.54) is 11.3 Å². The lowest BCUT2D eigenvalue weighted by molar-refractivity contribution is -0.134. The van der Waals surface area contributed by atoms with E-state index in [9.17, 15) is 18.0 Å². The first kappa shape index (κ1) is 11.6. The van der Waals surface area contributed by atoms with Gasteiger partial charge in [-0.3, -0.25) is 9.20 Å². The smallest absolute Gasteiger partial charge is 0.293 e. The minimum atomic E-state index is -4.39. The van der Waals surface area contributed by atoms with E-state index in [1.807, 2.05) is 0 Å². The monoisotopic (exact) mass is 312 g/mol. The van der Waals surface area contributed by atoms with Gasteiger partial charge in [-0.05, 0) is 15.9 Å². The maximum atomic E-state index is 12.4. The van der Waals surface area contributed by atoms with Crippen LogP contribution in [-0.4, -0.2) is 15.2 Å². The molecule has 0 atom stereocenters. The molecular weight excluding hydrogens is 309 g/mol. The lowest BCUT2D eigenvalue weighted by Crippen LogP contribution is -2.01. The number of aromatic nitrogens is 2. The topological polar surface area (TPSA) is 34.4 Å². The van der Waals surface area contributed by atoms with Crippen molar-refractivity contribution in [2.24, 2.45) is 0 Å². The summed E-state index contributed by atoms with van der Waals surface area (Å²) in [6, 6.07) is 0. The molecule has 2 heterocycles. The summed E-state index contributed by atoms with van der Waals surface area (Å²) < 4.78 is 38.6. The predicted octanol–water partition coefficient (Wildman–Crippen LogP) is 3.38. The number of nitrogens with zero attached hydrogens (tertiary/aromatic N) is 2. The Morgan fingerprint density at radius 3 is 2.62 bits per heavy atom. The molecule has 0 aliphatic heterocycles. The Morgan fingerprint density at radius 1 is 1.56 bits per heavy atom. The van der Waals surface area contributed by atoms with E-state index in [0.717, 1.165) is 6.20 Å². The molecule has 2 rings (SSSR count). The average Bonchev–Trinajstić information content (AvgIpc) is 2.64. The third-order valence-electron chi connectivity index (χ3n) is 1.88. The van der Waals surface area contributed by atoms with Crippen molar-refractivity contribution >= 4 is 38.0 Å². The number of alkyl halides is 3. The van der Waals surface area contributed by atoms with Gasteiger partial charge in [-0.1, -0.05) is 11.3 Å². The Hall–Kier alpha value is -0.890. The number of imidazole rings is 1. The number of carbonyl (C=O) groups is 1. The predicted molar refractivity (Wildman–Crippen MR) is 55.8 cm³/mol. The van der Waals surface area contributed by atoms with Gasteiger partial charge in [0.2, 0.25) is 0 Å². The van der Waals surface area contributed by atoms with Gasteiger partial charge in [-0.15, -0.1) is 0 Å². The van der Waals surface area contributed by atoms with Crippen molar-refractivity contribution in [2.75, 3.05) is 0 Å². The first-order valence-electron chi connectivity index (χ1n) is 4.06. The van der Waals surface area contributed by atoms with E-state index < -0.39 is 11.1 Å². The van der Waals surface area contributed by atoms with E-state index in [4.69, 9.17) is 0 Å². The molecule has 0 N–H and O–H groups in total. The minimum Gasteiger partial charge on any atom is -0.293 e. The summed E-state index contributed by atoms with van der Waals surface area (Å²) in [4.78, 5) is 14.3. The molecule has 0 aliphatic carbocycles. The van der Waals surface area contributed by atoms with Gasteiger partial charge in [0.15, 0.2) is 10.7 Å². The van der Waals surface area contributed by atoms with Gasteiger partial charge < -0.3 is 0 Å². The Kier molecular flexibility index (Phi) is 2.58. The molecular formula is C8H4BrF3N2OS. The van der Waals surface area contributed by atoms with Crippen LogP contribution >= 0.6 is 27.3 Å². The van der Waals surface area contributed by atoms with E-state index in [0.29, 0.717) is 11.3 Å². The Morgan fingerprint density at radius 2 is 2.19 bits per heavy atom. The SMILES string of the molecule is CC(=O)c1nc2sc(C(F)(F)F)cn2c1Br. The number of rotatable bonds is 1. The second kappa shape index (κ2) is 3.56. The molecule has 0 amide bonds. The molecule has 0 radical (unpaired) electrons. The molecule has 0 saturated carbocycles. The van der Waals surface area contributed by atoms with Gasteiger partial charge in [0.05, 0.1) is 0 Å². The van der Waals surface area contributed by atoms with Gasteiger partial charge in [0, 0.05) is 13.1 Å². The Labute approximate surface area is 100 Å². The third-order valence-corrected chi connectivity index (χ3v) is 3.67. The quantitative estimate of drug-likeness (QED) is 0.757. The summed E-state index contributed by atoms with van der Waals surface area (Å²) in [6.45, 7) is 1.31. The number of fused-ring (bicyclic) bond motifs is 1. The Balaban J connectivity index is 2.63. The van der Waals surface area contributed by atoms with Crippen LogP contribution in [0.15, 0.2) is 10.8 Å². The molecule has 0 aliphatic rings. The van der Waals surface area contributed by atoms with Crippen molar-refractivity contribution in [2.45, 2.75) is 13.1 Å². The summed E-state index contributed by atoms with van der Waals surface area (Å²) in [6.07, 6.45) is -3.47. The maximum absolute atomic E-state index is 12.4. The highest BCUT2D eigenvalue weighted by Gasteiger charge is 2.34. The van der Waals surface area contributed by atoms with Crippen molar-refractivity contribution in [3.05, 3.63) is 21.4 Å². The molecule has 0 aromatic carbocycles. The summed E-state index contributed by atoms with van der Waals surface area (Å²) in [7, 11) is 0. The molecule has 3 nitrogen and oxygen atoms in total. The summed E-state index contributed by atoms with van der Waals surface area (Å²) in [5, 5.41) is 0. The standard InChI is InChI=1S/C8H4BrF3N2OS/c1-3(15)5-6(9)14-2-4(8(10,11)12)16-7(14)13-5/h2H,1H3. The van der Waals surface area contributed by atoms with Crippen LogP contribution in [0.25, 0.3) is 4.96 Å². The number of ketones is 1. The van der Waals surface area contributed by atoms with Gasteiger partial charge in [-0.2, -0.15) is 13.2 Å². The fraction of sp³-hybridized carbons (Fsp3) is 0.250. The fourth-order valence-corrected chi connectivity index (χ4v) is 2.78. The molecule has 0 fully saturated rings. The van der Waals surface area contributed by atoms with Crippen LogP contribution in [0, 0.1) is 0 Å². The molecule has 2 aromatic heterocycles. The van der Waals surface area contributed by atoms with Crippen LogP contribution in [0.3, 0.4) is 0 Å². The highest BCUT2D eigenvalue weighted by Crippen LogP contribution is 2.36. The summed E-state index contributed by atoms with van der Waals surface area (Å²) in [5.41, 5.74) is 0.139. The molecule has 0 bridgehead atoms. The third kappa shape index (κ3) is 1.75. The summed E-state index contributed by atoms with van der Waals surface area (Å²) in [5.74, 6) is -0.295. The molecule has 86 valence electrons. The minimum absolute atomic E-state index is 0.139. The molecule has 8 heteroatoms. The van der Waals surface area contributed by atoms with Crippen LogP contribution in [0.2, 0.25) is 0 Å². The van der Waals surface area contributed by atoms with E-state index in [1.54, 1.807) is 0 Å². The van der Waals surface area contributed by atoms with Crippen molar-refractivity contribution in [1.82, 2.24) is 9.38 Å². The van der Waals surface area contributed by atoms with Gasteiger partial charge in [0.1, 0.15) is 15.2 Å². The zero-order valence-corrected chi connectivity index (χ0v) is 10.2. The Bertz CT molecular complexity index is 572. The van der Waals surface area contributed by atoms with Crippen LogP contribution in [0.4, 0.5) is 13.2 Å². The largest absolute Gasteiger partial charge is 0.427 e. The van der Waals surface area contributed by atoms with Crippen LogP contribution in [0.5, 0.6) is 0 Å². The highest BCUT2D eigenvalue weighted by molar-refractivity contribution is 9.10. The zero-order valence-electron chi connectivity index (χ0n) is 7.80. The van der Waals surface area contributed by atoms with Crippen molar-refractivity contribution < 1.29 is 18.0 Å². The first-order chi connectivity index (χ1) is 7.30. The molecule has 0 saturated heterocycles. The average molecular weight is 313 g/mol. The van der Waals surface area contributed by atoms with Crippen LogP contribution in [0.1, 0.15) is 22.3 Å². The van der Waals surface area contributed by atoms with E-state index in [-0.39, 0.29) is 21.0 Å². The van der Waals surface area contributed by atoms with Gasteiger partial charge in [0.25, 0.3) is 0 Å². The van der Waals surface area contributed by atoms with Gasteiger partial charge in [-0.25, -0.2) is 4.98 Å². The number of hydrogen-bond acceptors (Lipinski definition) is 3. The zero-order chi connectivity index (χ0) is 12.1. The van der Waals surface area contributed by atoms with Crippen LogP contribution < -0.4 is 0 Å². The normalized spacial score (nSPS) is 12.3. The number of Topliss-reactive ketones (excluding diaryl/α,β-unsaturated/α-hetero) is 1. The molecule has 0 unspecified atom stereocenters. The van der Waals surface area contributed by atoms with Crippen molar-refractivity contribution in [1.29, 1.82) is 0 Å². The van der Waals surface area contributed by atoms with Crippen molar-refractivity contribution in [3.8, 4) is 0 Å². The maximum Gasteiger partial charge on any atom is 0.427 e. The van der Waals surface area contributed by atoms with Gasteiger partial charge >= 0.3 is 6.18 Å². The molecule has 2 aromatic rings. The molecule has 0 spiro atoms. The summed E-state index contributed by atoms with van der Waals surface area (Å²) >= 11 is 3.55. The lowest BCUT2D eigenvalue weighted by Gasteiger charge is -1.99. The van der Waals surface area contributed by atoms with E-state index >= 15 is 0 Å². The highest BCUT2D eigenvalue weighted by atomic mass is 79.9.